The van der Waals surface area contributed by atoms with E-state index in [1.807, 2.05) is 0 Å². The van der Waals surface area contributed by atoms with Crippen LogP contribution >= 0.6 is 7.82 Å². The van der Waals surface area contributed by atoms with E-state index in [0.717, 1.165) is 0 Å². The van der Waals surface area contributed by atoms with Crippen molar-refractivity contribution in [1.29, 1.82) is 0 Å². The first-order valence-electron chi connectivity index (χ1n) is 6.36. The molecule has 0 amide bonds. The highest BCUT2D eigenvalue weighted by Crippen LogP contribution is 2.42. The number of hydrogen-bond donors (Lipinski definition) is 4. The van der Waals surface area contributed by atoms with Gasteiger partial charge in [-0.05, 0) is 0 Å². The minimum absolute atomic E-state index is 0.460. The predicted octanol–water partition coefficient (Wildman–Crippen LogP) is -0.933. The Labute approximate surface area is 130 Å². The zero-order chi connectivity index (χ0) is 18.2. The summed E-state index contributed by atoms with van der Waals surface area (Å²) in [6.45, 7) is 0. The predicted molar refractivity (Wildman–Crippen MR) is 68.7 cm³/mol. The molecule has 14 heteroatoms. The number of ether oxygens (including phenoxy) is 1. The first kappa shape index (κ1) is 18.8. The number of rotatable bonds is 5. The van der Waals surface area contributed by atoms with Gasteiger partial charge in [-0.2, -0.15) is 4.39 Å². The van der Waals surface area contributed by atoms with Crippen molar-refractivity contribution in [3.05, 3.63) is 32.9 Å². The van der Waals surface area contributed by atoms with Crippen LogP contribution in [-0.4, -0.2) is 49.2 Å². The number of hydrogen-bond acceptors (Lipinski definition) is 6. The standard InChI is InChI=1S/C10H12F3N2O8P/c11-3-2-15(10(18)14-9(3)17)5-1-4(16)6(22-5)7(8(12)13)23-24(19,20)21/h2,4-8,16H,1H2,(H,14,17,18)(H2,19,20,21)/t4?,5-,6+,7+/m1/s1. The second-order valence-electron chi connectivity index (χ2n) is 4.90. The molecule has 0 aliphatic carbocycles. The van der Waals surface area contributed by atoms with Crippen molar-refractivity contribution < 1.29 is 41.9 Å². The van der Waals surface area contributed by atoms with Gasteiger partial charge in [-0.3, -0.25) is 18.9 Å². The molecule has 0 bridgehead atoms. The molecule has 2 heterocycles. The fourth-order valence-electron chi connectivity index (χ4n) is 2.23. The maximum Gasteiger partial charge on any atom is 0.470 e. The Balaban J connectivity index is 2.28. The van der Waals surface area contributed by atoms with E-state index >= 15 is 0 Å². The quantitative estimate of drug-likeness (QED) is 0.481. The van der Waals surface area contributed by atoms with Crippen molar-refractivity contribution in [1.82, 2.24) is 9.55 Å². The Morgan fingerprint density at radius 3 is 2.58 bits per heavy atom. The molecule has 4 N–H and O–H groups in total. The number of aromatic nitrogens is 2. The summed E-state index contributed by atoms with van der Waals surface area (Å²) in [5.41, 5.74) is -2.43. The van der Waals surface area contributed by atoms with Gasteiger partial charge in [0.2, 0.25) is 5.82 Å². The Morgan fingerprint density at radius 2 is 2.04 bits per heavy atom. The zero-order valence-electron chi connectivity index (χ0n) is 11.6. The zero-order valence-corrected chi connectivity index (χ0v) is 12.5. The second-order valence-corrected chi connectivity index (χ2v) is 6.09. The summed E-state index contributed by atoms with van der Waals surface area (Å²) in [7, 11) is -5.32. The molecular weight excluding hydrogens is 364 g/mol. The highest BCUT2D eigenvalue weighted by molar-refractivity contribution is 7.46. The van der Waals surface area contributed by atoms with E-state index in [2.05, 4.69) is 4.52 Å². The third kappa shape index (κ3) is 4.12. The number of aliphatic hydroxyl groups is 1. The van der Waals surface area contributed by atoms with Gasteiger partial charge in [0.1, 0.15) is 12.3 Å². The van der Waals surface area contributed by atoms with Crippen LogP contribution in [0, 0.1) is 5.82 Å². The minimum atomic E-state index is -5.32. The molecule has 1 aromatic heterocycles. The third-order valence-corrected chi connectivity index (χ3v) is 3.72. The number of aromatic amines is 1. The van der Waals surface area contributed by atoms with Crippen LogP contribution in [0.3, 0.4) is 0 Å². The summed E-state index contributed by atoms with van der Waals surface area (Å²) in [6, 6.07) is 0. The molecule has 136 valence electrons. The highest BCUT2D eigenvalue weighted by atomic mass is 31.2. The van der Waals surface area contributed by atoms with Crippen LogP contribution in [0.5, 0.6) is 0 Å². The molecule has 0 saturated carbocycles. The van der Waals surface area contributed by atoms with E-state index in [-0.39, 0.29) is 0 Å². The Morgan fingerprint density at radius 1 is 1.42 bits per heavy atom. The van der Waals surface area contributed by atoms with E-state index in [4.69, 9.17) is 14.5 Å². The minimum Gasteiger partial charge on any atom is -0.390 e. The van der Waals surface area contributed by atoms with E-state index in [0.29, 0.717) is 10.8 Å². The second kappa shape index (κ2) is 6.78. The van der Waals surface area contributed by atoms with Gasteiger partial charge in [0.25, 0.3) is 12.0 Å². The van der Waals surface area contributed by atoms with Crippen LogP contribution in [0.25, 0.3) is 0 Å². The van der Waals surface area contributed by atoms with Crippen molar-refractivity contribution >= 4 is 7.82 Å². The van der Waals surface area contributed by atoms with Crippen LogP contribution in [0.15, 0.2) is 15.8 Å². The van der Waals surface area contributed by atoms with Gasteiger partial charge < -0.3 is 19.6 Å². The van der Waals surface area contributed by atoms with Crippen molar-refractivity contribution in [2.24, 2.45) is 0 Å². The van der Waals surface area contributed by atoms with Gasteiger partial charge in [-0.25, -0.2) is 18.1 Å². The SMILES string of the molecule is O=c1[nH]c(=O)n([C@H]2CC(O)[C@@H]([C@H](OP(=O)(O)O)C(F)F)O2)cc1F. The molecule has 0 radical (unpaired) electrons. The monoisotopic (exact) mass is 376 g/mol. The van der Waals surface area contributed by atoms with E-state index in [1.54, 1.807) is 4.98 Å². The van der Waals surface area contributed by atoms with E-state index < -0.39 is 62.3 Å². The number of alkyl halides is 2. The van der Waals surface area contributed by atoms with Crippen LogP contribution in [-0.2, 0) is 13.8 Å². The fraction of sp³-hybridized carbons (Fsp3) is 0.600. The molecule has 2 rings (SSSR count). The maximum absolute atomic E-state index is 13.2. The largest absolute Gasteiger partial charge is 0.470 e. The fourth-order valence-corrected chi connectivity index (χ4v) is 2.76. The van der Waals surface area contributed by atoms with Crippen molar-refractivity contribution in [3.63, 3.8) is 0 Å². The number of aliphatic hydroxyl groups excluding tert-OH is 1. The topological polar surface area (TPSA) is 151 Å². The molecule has 1 aliphatic rings. The first-order chi connectivity index (χ1) is 11.0. The molecule has 4 atom stereocenters. The first-order valence-corrected chi connectivity index (χ1v) is 7.89. The number of phosphoric ester groups is 1. The molecule has 1 aromatic rings. The number of nitrogens with zero attached hydrogens (tertiary/aromatic N) is 1. The number of phosphoric acid groups is 1. The highest BCUT2D eigenvalue weighted by Gasteiger charge is 2.47. The number of H-pyrrole nitrogens is 1. The molecule has 10 nitrogen and oxygen atoms in total. The average molecular weight is 376 g/mol. The smallest absolute Gasteiger partial charge is 0.390 e. The summed E-state index contributed by atoms with van der Waals surface area (Å²) in [6.07, 6.45) is -11.0. The third-order valence-electron chi connectivity index (χ3n) is 3.20. The van der Waals surface area contributed by atoms with Gasteiger partial charge in [0.15, 0.2) is 6.10 Å². The van der Waals surface area contributed by atoms with Gasteiger partial charge in [-0.15, -0.1) is 0 Å². The van der Waals surface area contributed by atoms with Crippen LogP contribution in [0.4, 0.5) is 13.2 Å². The van der Waals surface area contributed by atoms with Crippen molar-refractivity contribution in [2.45, 2.75) is 37.4 Å². The Hall–Kier alpha value is -1.50. The summed E-state index contributed by atoms with van der Waals surface area (Å²) in [4.78, 5) is 41.5. The van der Waals surface area contributed by atoms with Crippen LogP contribution in [0.1, 0.15) is 12.6 Å². The number of halogens is 3. The Kier molecular flexibility index (Phi) is 5.32. The van der Waals surface area contributed by atoms with Crippen LogP contribution < -0.4 is 11.2 Å². The molecule has 1 aliphatic heterocycles. The molecule has 1 saturated heterocycles. The van der Waals surface area contributed by atoms with Crippen molar-refractivity contribution in [3.8, 4) is 0 Å². The summed E-state index contributed by atoms with van der Waals surface area (Å²) < 4.78 is 59.3. The molecule has 1 fully saturated rings. The van der Waals surface area contributed by atoms with E-state index in [1.165, 1.54) is 0 Å². The summed E-state index contributed by atoms with van der Waals surface area (Å²) >= 11 is 0. The summed E-state index contributed by atoms with van der Waals surface area (Å²) in [5.74, 6) is -1.35. The van der Waals surface area contributed by atoms with Gasteiger partial charge in [0, 0.05) is 6.42 Å². The molecular formula is C10H12F3N2O8P. The lowest BCUT2D eigenvalue weighted by atomic mass is 10.1. The molecule has 24 heavy (non-hydrogen) atoms. The lowest BCUT2D eigenvalue weighted by Crippen LogP contribution is -2.41. The lowest BCUT2D eigenvalue weighted by Gasteiger charge is -2.25. The van der Waals surface area contributed by atoms with E-state index in [9.17, 15) is 32.4 Å². The normalized spacial score (nSPS) is 26.0. The van der Waals surface area contributed by atoms with Crippen LogP contribution in [0.2, 0.25) is 0 Å². The Bertz CT molecular complexity index is 761. The average Bonchev–Trinajstić information content (AvgIpc) is 2.80. The maximum atomic E-state index is 13.2. The molecule has 0 spiro atoms. The lowest BCUT2D eigenvalue weighted by molar-refractivity contribution is -0.126. The summed E-state index contributed by atoms with van der Waals surface area (Å²) in [5, 5.41) is 9.78. The number of nitrogens with one attached hydrogen (secondary N) is 1. The van der Waals surface area contributed by atoms with Gasteiger partial charge in [-0.1, -0.05) is 0 Å². The molecule has 1 unspecified atom stereocenters. The van der Waals surface area contributed by atoms with Gasteiger partial charge in [0.05, 0.1) is 12.3 Å². The molecule has 0 aromatic carbocycles. The van der Waals surface area contributed by atoms with Crippen molar-refractivity contribution in [2.75, 3.05) is 0 Å². The van der Waals surface area contributed by atoms with Gasteiger partial charge >= 0.3 is 13.5 Å².